The summed E-state index contributed by atoms with van der Waals surface area (Å²) < 4.78 is -0.790. The van der Waals surface area contributed by atoms with Crippen LogP contribution in [0.4, 0.5) is 5.69 Å². The first-order valence-corrected chi connectivity index (χ1v) is 15.0. The van der Waals surface area contributed by atoms with Gasteiger partial charge in [-0.05, 0) is 36.2 Å². The number of halogens is 1. The Morgan fingerprint density at radius 1 is 1.18 bits per heavy atom. The minimum absolute atomic E-state index is 0.0224. The number of hydrogen-bond donors (Lipinski definition) is 1. The van der Waals surface area contributed by atoms with Crippen molar-refractivity contribution in [2.24, 2.45) is 11.8 Å². The lowest BCUT2D eigenvalue weighted by molar-refractivity contribution is -0.144. The third-order valence-corrected chi connectivity index (χ3v) is 11.6. The molecule has 3 saturated heterocycles. The number of hydrogen-bond acceptors (Lipinski definition) is 5. The number of amides is 3. The molecule has 2 aromatic rings. The number of rotatable bonds is 9. The van der Waals surface area contributed by atoms with Crippen LogP contribution < -0.4 is 4.90 Å². The highest BCUT2D eigenvalue weighted by atomic mass is 79.9. The van der Waals surface area contributed by atoms with Crippen LogP contribution in [0.5, 0.6) is 0 Å². The second-order valence-corrected chi connectivity index (χ2v) is 13.4. The lowest BCUT2D eigenvalue weighted by Gasteiger charge is -2.39. The number of anilines is 1. The van der Waals surface area contributed by atoms with E-state index in [4.69, 9.17) is 0 Å². The first-order valence-electron chi connectivity index (χ1n) is 13.2. The van der Waals surface area contributed by atoms with Gasteiger partial charge in [-0.1, -0.05) is 58.4 Å². The molecule has 39 heavy (non-hydrogen) atoms. The molecule has 3 aliphatic rings. The van der Waals surface area contributed by atoms with Gasteiger partial charge in [0.15, 0.2) is 0 Å². The van der Waals surface area contributed by atoms with Gasteiger partial charge in [0.25, 0.3) is 5.91 Å². The fraction of sp³-hybridized carbons (Fsp3) is 0.433. The molecule has 0 saturated carbocycles. The summed E-state index contributed by atoms with van der Waals surface area (Å²) in [4.78, 5) is 47.3. The van der Waals surface area contributed by atoms with Crippen LogP contribution in [0, 0.1) is 11.8 Å². The molecule has 3 fully saturated rings. The number of nitrogens with zero attached hydrogens (tertiary/aromatic N) is 3. The lowest BCUT2D eigenvalue weighted by Crippen LogP contribution is -2.57. The third kappa shape index (κ3) is 4.33. The molecule has 5 rings (SSSR count). The summed E-state index contributed by atoms with van der Waals surface area (Å²) in [7, 11) is 1.72. The normalized spacial score (nSPS) is 29.8. The summed E-state index contributed by atoms with van der Waals surface area (Å²) in [5, 5.41) is 12.1. The van der Waals surface area contributed by atoms with E-state index in [1.807, 2.05) is 42.5 Å². The highest BCUT2D eigenvalue weighted by Gasteiger charge is 2.76. The molecule has 2 aromatic carbocycles. The maximum atomic E-state index is 14.7. The average molecular weight is 613 g/mol. The van der Waals surface area contributed by atoms with Crippen molar-refractivity contribution in [3.8, 4) is 0 Å². The number of carbonyl (C=O) groups excluding carboxylic acids is 3. The maximum Gasteiger partial charge on any atom is 0.251 e. The van der Waals surface area contributed by atoms with E-state index in [0.717, 1.165) is 10.8 Å². The van der Waals surface area contributed by atoms with Gasteiger partial charge < -0.3 is 19.8 Å². The first-order chi connectivity index (χ1) is 18.7. The van der Waals surface area contributed by atoms with Crippen molar-refractivity contribution in [2.45, 2.75) is 40.3 Å². The van der Waals surface area contributed by atoms with Gasteiger partial charge in [-0.15, -0.1) is 24.9 Å². The Bertz CT molecular complexity index is 1340. The molecular formula is C30H34BrN3O4S. The monoisotopic (exact) mass is 611 g/mol. The quantitative estimate of drug-likeness (QED) is 0.344. The van der Waals surface area contributed by atoms with Crippen LogP contribution in [-0.4, -0.2) is 86.3 Å². The van der Waals surface area contributed by atoms with Crippen LogP contribution in [0.25, 0.3) is 10.8 Å². The summed E-state index contributed by atoms with van der Waals surface area (Å²) >= 11 is 5.40. The van der Waals surface area contributed by atoms with E-state index in [2.05, 4.69) is 29.1 Å². The number of likely N-dealkylation sites (tertiary alicyclic amines) is 1. The van der Waals surface area contributed by atoms with Gasteiger partial charge in [0.1, 0.15) is 6.04 Å². The molecular weight excluding hydrogens is 578 g/mol. The van der Waals surface area contributed by atoms with Gasteiger partial charge in [-0.2, -0.15) is 0 Å². The fourth-order valence-electron chi connectivity index (χ4n) is 6.67. The maximum absolute atomic E-state index is 14.7. The van der Waals surface area contributed by atoms with Crippen molar-refractivity contribution < 1.29 is 19.5 Å². The Morgan fingerprint density at radius 2 is 1.87 bits per heavy atom. The molecule has 0 aliphatic carbocycles. The zero-order valence-corrected chi connectivity index (χ0v) is 24.6. The predicted octanol–water partition coefficient (Wildman–Crippen LogP) is 3.85. The number of alkyl halides is 1. The van der Waals surface area contributed by atoms with E-state index < -0.39 is 28.7 Å². The van der Waals surface area contributed by atoms with Crippen LogP contribution in [0.15, 0.2) is 67.8 Å². The van der Waals surface area contributed by atoms with Crippen LogP contribution in [0.1, 0.15) is 13.3 Å². The molecule has 0 radical (unpaired) electrons. The van der Waals surface area contributed by atoms with Gasteiger partial charge in [0.2, 0.25) is 11.8 Å². The highest BCUT2D eigenvalue weighted by Crippen LogP contribution is 2.68. The topological polar surface area (TPSA) is 81.2 Å². The highest BCUT2D eigenvalue weighted by molar-refractivity contribution is 9.09. The third-order valence-electron chi connectivity index (χ3n) is 8.39. The number of likely N-dealkylation sites (N-methyl/N-ethyl adjacent to an activating group) is 1. The van der Waals surface area contributed by atoms with Crippen molar-refractivity contribution >= 4 is 61.9 Å². The van der Waals surface area contributed by atoms with E-state index in [1.54, 1.807) is 52.6 Å². The zero-order valence-electron chi connectivity index (χ0n) is 22.2. The number of fused-ring (bicyclic) bond motifs is 2. The molecule has 1 N–H and O–H groups in total. The molecule has 1 spiro atoms. The van der Waals surface area contributed by atoms with Crippen molar-refractivity contribution in [1.29, 1.82) is 0 Å². The van der Waals surface area contributed by atoms with Gasteiger partial charge >= 0.3 is 0 Å². The van der Waals surface area contributed by atoms with Crippen LogP contribution >= 0.6 is 27.7 Å². The fourth-order valence-corrected chi connectivity index (χ4v) is 10.3. The van der Waals surface area contributed by atoms with Crippen molar-refractivity contribution in [2.75, 3.05) is 31.6 Å². The number of carbonyl (C=O) groups is 3. The van der Waals surface area contributed by atoms with E-state index in [1.165, 1.54) is 0 Å². The minimum Gasteiger partial charge on any atom is -0.394 e. The summed E-state index contributed by atoms with van der Waals surface area (Å²) in [6.45, 7) is 9.76. The first kappa shape index (κ1) is 27.9. The van der Waals surface area contributed by atoms with Crippen molar-refractivity contribution in [3.05, 3.63) is 67.8 Å². The van der Waals surface area contributed by atoms with E-state index in [9.17, 15) is 19.5 Å². The summed E-state index contributed by atoms with van der Waals surface area (Å²) in [5.41, 5.74) is 0.716. The molecule has 3 unspecified atom stereocenters. The number of aliphatic hydroxyl groups excluding tert-OH is 1. The summed E-state index contributed by atoms with van der Waals surface area (Å²) in [6.07, 6.45) is 3.93. The van der Waals surface area contributed by atoms with Crippen LogP contribution in [0.2, 0.25) is 0 Å². The second kappa shape index (κ2) is 10.7. The lowest BCUT2D eigenvalue weighted by atomic mass is 9.70. The Balaban J connectivity index is 1.60. The van der Waals surface area contributed by atoms with Gasteiger partial charge in [-0.3, -0.25) is 14.4 Å². The number of benzene rings is 2. The molecule has 2 bridgehead atoms. The smallest absolute Gasteiger partial charge is 0.251 e. The molecule has 0 aromatic heterocycles. The second-order valence-electron chi connectivity index (χ2n) is 10.7. The Hall–Kier alpha value is -2.62. The Kier molecular flexibility index (Phi) is 7.70. The van der Waals surface area contributed by atoms with Gasteiger partial charge in [-0.25, -0.2) is 0 Å². The zero-order chi connectivity index (χ0) is 28.1. The van der Waals surface area contributed by atoms with Crippen molar-refractivity contribution in [3.63, 3.8) is 0 Å². The Morgan fingerprint density at radius 3 is 2.54 bits per heavy atom. The molecule has 206 valence electrons. The number of thioether (sulfide) groups is 1. The largest absolute Gasteiger partial charge is 0.394 e. The molecule has 3 heterocycles. The standard InChI is InChI=1S/C30H34BrN3O4S/c1-5-13-32(4)27(36)23-24-28(37)34(18(3)17-35)26(30(24)16-22(31)25(23)39-30)29(38)33(14-6-2)21-12-11-19-9-7-8-10-20(19)15-21/h5-12,15,18,22-26,35H,1-2,13-14,16-17H2,3-4H3/t18-,22?,23+,24+,25+,26?,30?/m1/s1. The molecule has 3 amide bonds. The summed E-state index contributed by atoms with van der Waals surface area (Å²) in [5.74, 6) is -1.77. The molecule has 7 atom stereocenters. The molecule has 9 heteroatoms. The van der Waals surface area contributed by atoms with Crippen LogP contribution in [-0.2, 0) is 14.4 Å². The Labute approximate surface area is 242 Å². The van der Waals surface area contributed by atoms with Gasteiger partial charge in [0.05, 0.1) is 29.2 Å². The van der Waals surface area contributed by atoms with Crippen LogP contribution in [0.3, 0.4) is 0 Å². The average Bonchev–Trinajstić information content (AvgIpc) is 3.53. The van der Waals surface area contributed by atoms with E-state index in [0.29, 0.717) is 18.7 Å². The summed E-state index contributed by atoms with van der Waals surface area (Å²) in [6, 6.07) is 12.4. The predicted molar refractivity (Wildman–Crippen MR) is 160 cm³/mol. The molecule has 3 aliphatic heterocycles. The number of aliphatic hydroxyl groups is 1. The van der Waals surface area contributed by atoms with Crippen molar-refractivity contribution in [1.82, 2.24) is 9.80 Å². The SMILES string of the molecule is C=CCN(C)C(=O)[C@H]1[C@H]2C(=O)N([C@H](C)CO)C(C(=O)N(CC=C)c3ccc4ccccc4c3)C23CC(Br)[C@@H]1S3. The van der Waals surface area contributed by atoms with E-state index in [-0.39, 0.29) is 41.0 Å². The van der Waals surface area contributed by atoms with Gasteiger partial charge in [0, 0.05) is 35.9 Å². The van der Waals surface area contributed by atoms with E-state index >= 15 is 0 Å². The minimum atomic E-state index is -0.832. The molecule has 7 nitrogen and oxygen atoms in total.